The third-order valence-corrected chi connectivity index (χ3v) is 5.91. The maximum atomic E-state index is 12.9. The van der Waals surface area contributed by atoms with Crippen molar-refractivity contribution >= 4 is 45.1 Å². The van der Waals surface area contributed by atoms with Gasteiger partial charge in [0.2, 0.25) is 5.91 Å². The minimum Gasteiger partial charge on any atom is -0.366 e. The molecule has 1 radical (unpaired) electrons. The number of halogens is 1. The molecule has 5 heteroatoms. The number of fused-ring (bicyclic) bond motifs is 3. The molecule has 1 aromatic heterocycles. The Balaban J connectivity index is 1.66. The average Bonchev–Trinajstić information content (AvgIpc) is 3.14. The molecule has 0 unspecified atom stereocenters. The molecule has 4 nitrogen and oxygen atoms in total. The fraction of sp³-hybridized carbons (Fsp3) is 0.0370. The Labute approximate surface area is 189 Å². The van der Waals surface area contributed by atoms with Crippen LogP contribution in [0.2, 0.25) is 5.02 Å². The van der Waals surface area contributed by atoms with Crippen LogP contribution < -0.4 is 5.73 Å². The van der Waals surface area contributed by atoms with Crippen molar-refractivity contribution in [2.24, 2.45) is 5.73 Å². The molecule has 1 heterocycles. The van der Waals surface area contributed by atoms with E-state index in [-0.39, 0.29) is 5.78 Å². The van der Waals surface area contributed by atoms with Crippen LogP contribution in [0.15, 0.2) is 84.9 Å². The number of nitrogens with zero attached hydrogens (tertiary/aromatic N) is 1. The van der Waals surface area contributed by atoms with Gasteiger partial charge in [0.05, 0.1) is 16.1 Å². The van der Waals surface area contributed by atoms with Crippen LogP contribution >= 0.6 is 11.6 Å². The predicted octanol–water partition coefficient (Wildman–Crippen LogP) is 5.63. The molecule has 0 saturated carbocycles. The maximum absolute atomic E-state index is 12.9. The summed E-state index contributed by atoms with van der Waals surface area (Å²) >= 11 is 6.58. The molecule has 1 amide bonds. The van der Waals surface area contributed by atoms with Crippen LogP contribution in [0.25, 0.3) is 21.8 Å². The Kier molecular flexibility index (Phi) is 5.00. The lowest BCUT2D eigenvalue weighted by Crippen LogP contribution is -2.11. The molecule has 0 spiro atoms. The average molecular weight is 438 g/mol. The smallest absolute Gasteiger partial charge is 0.249 e. The summed E-state index contributed by atoms with van der Waals surface area (Å²) in [5.41, 5.74) is 9.88. The highest BCUT2D eigenvalue weighted by molar-refractivity contribution is 6.36. The number of hydrogen-bond acceptors (Lipinski definition) is 2. The van der Waals surface area contributed by atoms with Crippen LogP contribution in [0.5, 0.6) is 0 Å². The molecule has 0 aliphatic heterocycles. The minimum absolute atomic E-state index is 0.0305. The van der Waals surface area contributed by atoms with Gasteiger partial charge >= 0.3 is 0 Å². The van der Waals surface area contributed by atoms with Gasteiger partial charge in [0.1, 0.15) is 0 Å². The first-order valence-electron chi connectivity index (χ1n) is 10.1. The van der Waals surface area contributed by atoms with E-state index >= 15 is 0 Å². The number of amides is 1. The lowest BCUT2D eigenvalue weighted by atomic mass is 10.0. The zero-order chi connectivity index (χ0) is 22.2. The first-order valence-corrected chi connectivity index (χ1v) is 10.5. The third-order valence-electron chi connectivity index (χ3n) is 5.60. The zero-order valence-electron chi connectivity index (χ0n) is 17.0. The number of carbonyl (C=O) groups is 2. The molecule has 155 valence electrons. The van der Waals surface area contributed by atoms with Gasteiger partial charge in [-0.1, -0.05) is 72.3 Å². The Morgan fingerprint density at radius 2 is 1.66 bits per heavy atom. The Morgan fingerprint density at radius 3 is 2.44 bits per heavy atom. The number of ketones is 1. The van der Waals surface area contributed by atoms with Crippen molar-refractivity contribution in [3.8, 4) is 0 Å². The van der Waals surface area contributed by atoms with E-state index in [1.807, 2.05) is 65.2 Å². The summed E-state index contributed by atoms with van der Waals surface area (Å²) < 4.78 is 2.04. The van der Waals surface area contributed by atoms with Gasteiger partial charge in [0, 0.05) is 34.0 Å². The Morgan fingerprint density at radius 1 is 0.906 bits per heavy atom. The summed E-state index contributed by atoms with van der Waals surface area (Å²) in [6.07, 6.45) is 0. The first kappa shape index (κ1) is 20.0. The van der Waals surface area contributed by atoms with E-state index in [1.54, 1.807) is 24.3 Å². The molecule has 2 N–H and O–H groups in total. The van der Waals surface area contributed by atoms with Crippen LogP contribution in [-0.2, 0) is 6.54 Å². The van der Waals surface area contributed by atoms with Crippen LogP contribution in [0.4, 0.5) is 0 Å². The van der Waals surface area contributed by atoms with E-state index in [4.69, 9.17) is 17.3 Å². The number of nitrogens with two attached hydrogens (primary N) is 1. The highest BCUT2D eigenvalue weighted by atomic mass is 35.5. The van der Waals surface area contributed by atoms with Crippen LogP contribution in [0, 0.1) is 6.07 Å². The van der Waals surface area contributed by atoms with E-state index in [1.165, 1.54) is 0 Å². The van der Waals surface area contributed by atoms with Gasteiger partial charge < -0.3 is 10.3 Å². The maximum Gasteiger partial charge on any atom is 0.249 e. The van der Waals surface area contributed by atoms with Crippen molar-refractivity contribution in [1.82, 2.24) is 4.57 Å². The van der Waals surface area contributed by atoms with Gasteiger partial charge in [0.25, 0.3) is 0 Å². The summed E-state index contributed by atoms with van der Waals surface area (Å²) in [6.45, 7) is 0.468. The number of benzene rings is 4. The number of rotatable bonds is 5. The molecule has 32 heavy (non-hydrogen) atoms. The first-order chi connectivity index (χ1) is 15.5. The monoisotopic (exact) mass is 437 g/mol. The van der Waals surface area contributed by atoms with Crippen molar-refractivity contribution in [3.05, 3.63) is 118 Å². The normalized spacial score (nSPS) is 11.2. The van der Waals surface area contributed by atoms with Crippen LogP contribution in [0.3, 0.4) is 0 Å². The fourth-order valence-corrected chi connectivity index (χ4v) is 4.45. The Hall–Kier alpha value is -3.89. The second-order valence-corrected chi connectivity index (χ2v) is 8.00. The lowest BCUT2D eigenvalue weighted by Gasteiger charge is -2.10. The molecule has 0 atom stereocenters. The minimum atomic E-state index is -0.501. The summed E-state index contributed by atoms with van der Waals surface area (Å²) in [6, 6.07) is 29.0. The van der Waals surface area contributed by atoms with E-state index in [0.29, 0.717) is 28.3 Å². The van der Waals surface area contributed by atoms with Gasteiger partial charge in [-0.15, -0.1) is 0 Å². The van der Waals surface area contributed by atoms with Crippen LogP contribution in [-0.4, -0.2) is 16.3 Å². The van der Waals surface area contributed by atoms with Gasteiger partial charge in [0.15, 0.2) is 5.78 Å². The van der Waals surface area contributed by atoms with Crippen LogP contribution in [0.1, 0.15) is 31.8 Å². The lowest BCUT2D eigenvalue weighted by molar-refractivity contribution is 0.1000. The molecule has 0 aliphatic rings. The quantitative estimate of drug-likeness (QED) is 0.362. The molecular weight excluding hydrogens is 420 g/mol. The molecule has 0 bridgehead atoms. The van der Waals surface area contributed by atoms with Gasteiger partial charge in [-0.25, -0.2) is 0 Å². The predicted molar refractivity (Wildman–Crippen MR) is 127 cm³/mol. The number of hydrogen-bond donors (Lipinski definition) is 1. The van der Waals surface area contributed by atoms with Crippen molar-refractivity contribution < 1.29 is 9.59 Å². The molecule has 5 aromatic rings. The second kappa shape index (κ2) is 7.98. The highest BCUT2D eigenvalue weighted by Gasteiger charge is 2.19. The van der Waals surface area contributed by atoms with E-state index in [9.17, 15) is 9.59 Å². The van der Waals surface area contributed by atoms with Crippen molar-refractivity contribution in [2.75, 3.05) is 0 Å². The molecule has 5 rings (SSSR count). The largest absolute Gasteiger partial charge is 0.366 e. The van der Waals surface area contributed by atoms with E-state index in [0.717, 1.165) is 27.4 Å². The Bertz CT molecular complexity index is 1500. The van der Waals surface area contributed by atoms with E-state index < -0.39 is 5.91 Å². The van der Waals surface area contributed by atoms with Crippen molar-refractivity contribution in [3.63, 3.8) is 0 Å². The highest BCUT2D eigenvalue weighted by Crippen LogP contribution is 2.35. The van der Waals surface area contributed by atoms with Gasteiger partial charge in [-0.05, 0) is 35.9 Å². The van der Waals surface area contributed by atoms with E-state index in [2.05, 4.69) is 6.07 Å². The molecule has 0 aliphatic carbocycles. The van der Waals surface area contributed by atoms with Crippen molar-refractivity contribution in [1.29, 1.82) is 0 Å². The SMILES string of the molecule is NC(=O)c1cccc2c1c1[c]ccc(Cl)c1n2Cc1cccc(C(=O)c2ccccc2)c1. The summed E-state index contributed by atoms with van der Waals surface area (Å²) in [7, 11) is 0. The summed E-state index contributed by atoms with van der Waals surface area (Å²) in [5.74, 6) is -0.532. The molecular formula is C27H18ClN2O2. The van der Waals surface area contributed by atoms with Gasteiger partial charge in [-0.3, -0.25) is 9.59 Å². The third kappa shape index (κ3) is 3.35. The zero-order valence-corrected chi connectivity index (χ0v) is 17.8. The molecule has 0 saturated heterocycles. The number of primary amides is 1. The summed E-state index contributed by atoms with van der Waals surface area (Å²) in [5, 5.41) is 2.04. The molecule has 0 fully saturated rings. The standard InChI is InChI=1S/C27H18ClN2O2/c28-22-13-5-11-20-24-21(27(29)32)12-6-14-23(24)30(25(20)22)16-17-7-4-10-19(15-17)26(31)18-8-2-1-3-9-18/h1-10,12-15H,16H2,(H2,29,32). The number of carbonyl (C=O) groups excluding carboxylic acids is 2. The molecule has 4 aromatic carbocycles. The topological polar surface area (TPSA) is 65.1 Å². The van der Waals surface area contributed by atoms with Crippen molar-refractivity contribution in [2.45, 2.75) is 6.54 Å². The fourth-order valence-electron chi connectivity index (χ4n) is 4.19. The van der Waals surface area contributed by atoms with Gasteiger partial charge in [-0.2, -0.15) is 0 Å². The second-order valence-electron chi connectivity index (χ2n) is 7.59. The number of aromatic nitrogens is 1. The summed E-state index contributed by atoms with van der Waals surface area (Å²) in [4.78, 5) is 25.0.